The van der Waals surface area contributed by atoms with Crippen LogP contribution in [-0.4, -0.2) is 0 Å². The zero-order valence-electron chi connectivity index (χ0n) is 7.46. The summed E-state index contributed by atoms with van der Waals surface area (Å²) in [6.45, 7) is 0. The van der Waals surface area contributed by atoms with Crippen LogP contribution in [0.3, 0.4) is 0 Å². The third-order valence-corrected chi connectivity index (χ3v) is 0.667. The van der Waals surface area contributed by atoms with Gasteiger partial charge in [0.15, 0.2) is 0 Å². The normalized spacial score (nSPS) is 80.0. The summed E-state index contributed by atoms with van der Waals surface area (Å²) >= 11 is 0. The zero-order chi connectivity index (χ0) is 7.72. The molecule has 0 bridgehead atoms. The van der Waals surface area contributed by atoms with E-state index in [1.807, 2.05) is 0 Å². The Morgan fingerprint density at radius 3 is 2.17 bits per heavy atom. The van der Waals surface area contributed by atoms with Crippen molar-refractivity contribution in [1.29, 1.82) is 0 Å². The van der Waals surface area contributed by atoms with Crippen LogP contribution in [0.4, 0.5) is 0 Å². The van der Waals surface area contributed by atoms with Gasteiger partial charge in [-0.3, -0.25) is 0 Å². The highest BCUT2D eigenvalue weighted by Gasteiger charge is 1.87. The Kier molecular flexibility index (Phi) is 0.456. The quantitative estimate of drug-likeness (QED) is 0.396. The third-order valence-electron chi connectivity index (χ3n) is 0.667. The monoisotopic (exact) mass is 86.1 g/mol. The molecule has 0 unspecified atom stereocenters. The molecule has 1 aliphatic carbocycles. The highest BCUT2D eigenvalue weighted by Crippen LogP contribution is 2.07. The molecule has 0 radical (unpaired) electrons. The average molecular weight is 86.2 g/mol. The summed E-state index contributed by atoms with van der Waals surface area (Å²) in [5.41, 5.74) is 0. The number of hydrogen-bond acceptors (Lipinski definition) is 0. The molecular formula is C6H10. The van der Waals surface area contributed by atoms with Crippen LogP contribution >= 0.6 is 0 Å². The molecule has 0 heteroatoms. The van der Waals surface area contributed by atoms with E-state index in [1.165, 1.54) is 12.2 Å². The Morgan fingerprint density at radius 2 is 1.67 bits per heavy atom. The van der Waals surface area contributed by atoms with Crippen LogP contribution in [0.25, 0.3) is 0 Å². The molecule has 0 aliphatic heterocycles. The lowest BCUT2D eigenvalue weighted by Crippen LogP contribution is -1.77. The van der Waals surface area contributed by atoms with Gasteiger partial charge in [0, 0.05) is 5.48 Å². The van der Waals surface area contributed by atoms with Crippen LogP contribution < -0.4 is 0 Å². The van der Waals surface area contributed by atoms with Gasteiger partial charge in [-0.25, -0.2) is 0 Å². The van der Waals surface area contributed by atoms with Gasteiger partial charge in [0.05, 0.1) is 0 Å². The predicted molar refractivity (Wildman–Crippen MR) is 27.6 cm³/mol. The molecule has 0 spiro atoms. The first-order chi connectivity index (χ1) is 4.63. The maximum atomic E-state index is 7.27. The highest BCUT2D eigenvalue weighted by molar-refractivity contribution is 4.85. The lowest BCUT2D eigenvalue weighted by molar-refractivity contribution is 0.730. The Balaban J connectivity index is 2.69. The van der Waals surface area contributed by atoms with E-state index in [2.05, 4.69) is 0 Å². The molecule has 0 aromatic rings. The van der Waals surface area contributed by atoms with Crippen LogP contribution in [0.15, 0.2) is 12.2 Å². The van der Waals surface area contributed by atoms with Gasteiger partial charge in [-0.15, -0.1) is 0 Å². The van der Waals surface area contributed by atoms with Crippen molar-refractivity contribution in [3.8, 4) is 0 Å². The van der Waals surface area contributed by atoms with Gasteiger partial charge in [-0.05, 0) is 25.6 Å². The van der Waals surface area contributed by atoms with E-state index in [-0.39, 0.29) is 0 Å². The topological polar surface area (TPSA) is 0 Å². The maximum absolute atomic E-state index is 7.27. The molecule has 0 saturated carbocycles. The second-order valence-corrected chi connectivity index (χ2v) is 1.15. The predicted octanol–water partition coefficient (Wildman–Crippen LogP) is 2.12. The van der Waals surface area contributed by atoms with Gasteiger partial charge in [-0.2, -0.15) is 0 Å². The molecule has 6 heavy (non-hydrogen) atoms. The number of allylic oxidation sites excluding steroid dienone is 2. The van der Waals surface area contributed by atoms with Crippen molar-refractivity contribution in [3.63, 3.8) is 0 Å². The molecule has 0 aromatic carbocycles. The summed E-state index contributed by atoms with van der Waals surface area (Å²) in [6, 6.07) is 0. The van der Waals surface area contributed by atoms with Crippen molar-refractivity contribution >= 4 is 0 Å². The minimum absolute atomic E-state index is 0.607. The molecule has 0 N–H and O–H groups in total. The fourth-order valence-electron chi connectivity index (χ4n) is 0.385. The van der Waals surface area contributed by atoms with E-state index < -0.39 is 25.6 Å². The van der Waals surface area contributed by atoms with Crippen LogP contribution in [0, 0.1) is 0 Å². The number of rotatable bonds is 0. The van der Waals surface area contributed by atoms with Gasteiger partial charge in [-0.1, -0.05) is 12.2 Å². The van der Waals surface area contributed by atoms with Gasteiger partial charge >= 0.3 is 0 Å². The average Bonchev–Trinajstić information content (AvgIpc) is 1.93. The van der Waals surface area contributed by atoms with E-state index in [9.17, 15) is 0 Å². The lowest BCUT2D eigenvalue weighted by Gasteiger charge is -1.97. The van der Waals surface area contributed by atoms with E-state index >= 15 is 0 Å². The third kappa shape index (κ3) is 0.852. The standard InChI is InChI=1S/C6H10/c1-2-4-6-5-3-1/h1-2H,3-6H2/i3D,4D,5D,6D/t3-,4+,5-,6-/m0/s1. The maximum Gasteiger partial charge on any atom is 0.0310 e. The first-order valence-electron chi connectivity index (χ1n) is 4.31. The first kappa shape index (κ1) is 1.36. The molecule has 4 atom stereocenters. The summed E-state index contributed by atoms with van der Waals surface area (Å²) in [4.78, 5) is 0. The smallest absolute Gasteiger partial charge is 0.0310 e. The SMILES string of the molecule is [2H][C@@H]1[C@@H]([2H])[C@@H]([2H])C=C[C@H]1[2H]. The fraction of sp³-hybridized carbons (Fsp3) is 0.667. The molecule has 0 nitrogen and oxygen atoms in total. The Bertz CT molecular complexity index is 129. The Morgan fingerprint density at radius 1 is 1.17 bits per heavy atom. The van der Waals surface area contributed by atoms with E-state index in [4.69, 9.17) is 5.48 Å². The Hall–Kier alpha value is -0.260. The van der Waals surface area contributed by atoms with Gasteiger partial charge in [0.2, 0.25) is 0 Å². The zero-order valence-corrected chi connectivity index (χ0v) is 3.46. The molecule has 0 heterocycles. The van der Waals surface area contributed by atoms with Crippen LogP contribution in [-0.2, 0) is 0 Å². The summed E-state index contributed by atoms with van der Waals surface area (Å²) in [7, 11) is 0. The van der Waals surface area contributed by atoms with Crippen molar-refractivity contribution in [1.82, 2.24) is 0 Å². The second-order valence-electron chi connectivity index (χ2n) is 1.15. The van der Waals surface area contributed by atoms with Gasteiger partial charge in [0.25, 0.3) is 0 Å². The summed E-state index contributed by atoms with van der Waals surface area (Å²) in [5, 5.41) is 0. The van der Waals surface area contributed by atoms with Crippen LogP contribution in [0.2, 0.25) is 0 Å². The van der Waals surface area contributed by atoms with Crippen molar-refractivity contribution in [2.45, 2.75) is 25.6 Å². The summed E-state index contributed by atoms with van der Waals surface area (Å²) in [5.74, 6) is 0. The highest BCUT2D eigenvalue weighted by atomic mass is 13.9. The van der Waals surface area contributed by atoms with Crippen molar-refractivity contribution in [2.75, 3.05) is 0 Å². The minimum Gasteiger partial charge on any atom is -0.0885 e. The molecule has 0 amide bonds. The van der Waals surface area contributed by atoms with Crippen LogP contribution in [0.5, 0.6) is 0 Å². The summed E-state index contributed by atoms with van der Waals surface area (Å²) in [6.07, 6.45) is 0.356. The van der Waals surface area contributed by atoms with Crippen LogP contribution in [0.1, 0.15) is 31.1 Å². The van der Waals surface area contributed by atoms with E-state index in [0.29, 0.717) is 0 Å². The first-order valence-corrected chi connectivity index (χ1v) is 2.00. The van der Waals surface area contributed by atoms with Gasteiger partial charge in [0.1, 0.15) is 0 Å². The minimum atomic E-state index is -0.743. The van der Waals surface area contributed by atoms with E-state index in [1.54, 1.807) is 0 Å². The molecule has 0 aromatic heterocycles. The van der Waals surface area contributed by atoms with Crippen molar-refractivity contribution in [3.05, 3.63) is 12.2 Å². The summed E-state index contributed by atoms with van der Waals surface area (Å²) < 4.78 is 29.0. The molecule has 34 valence electrons. The Labute approximate surface area is 44.5 Å². The molecule has 1 aliphatic rings. The molecule has 1 rings (SSSR count). The molecular weight excluding hydrogens is 72.1 g/mol. The van der Waals surface area contributed by atoms with Crippen molar-refractivity contribution < 1.29 is 5.48 Å². The molecule has 0 saturated heterocycles. The largest absolute Gasteiger partial charge is 0.0885 e. The molecule has 0 fully saturated rings. The number of hydrogen-bond donors (Lipinski definition) is 0. The van der Waals surface area contributed by atoms with Crippen molar-refractivity contribution in [2.24, 2.45) is 0 Å². The lowest BCUT2D eigenvalue weighted by atomic mass is 10.1. The van der Waals surface area contributed by atoms with Gasteiger partial charge < -0.3 is 0 Å². The van der Waals surface area contributed by atoms with E-state index in [0.717, 1.165) is 0 Å². The second kappa shape index (κ2) is 2.01. The fourth-order valence-corrected chi connectivity index (χ4v) is 0.385.